The van der Waals surface area contributed by atoms with Crippen LogP contribution >= 0.6 is 0 Å². The van der Waals surface area contributed by atoms with Crippen LogP contribution < -0.4 is 0 Å². The van der Waals surface area contributed by atoms with Crippen LogP contribution in [0.1, 0.15) is 200 Å². The minimum Gasteiger partial charge on any atom is -0.264 e. The lowest BCUT2D eigenvalue weighted by atomic mass is 9.82. The number of hydrogen-bond acceptors (Lipinski definition) is 3. The molecule has 0 amide bonds. The number of nitrogens with zero attached hydrogens (tertiary/aromatic N) is 3. The average molecular weight is 664 g/mol. The van der Waals surface area contributed by atoms with Crippen molar-refractivity contribution in [1.82, 2.24) is 15.0 Å². The number of aromatic nitrogens is 3. The van der Waals surface area contributed by atoms with Crippen LogP contribution in [0.4, 0.5) is 0 Å². The quantitative estimate of drug-likeness (QED) is 0.240. The van der Waals surface area contributed by atoms with Gasteiger partial charge in [0, 0.05) is 47.0 Å². The molecule has 0 aliphatic rings. The molecule has 276 valence electrons. The second kappa shape index (κ2) is 20.8. The first kappa shape index (κ1) is 49.8. The fraction of sp³-hybridized carbons (Fsp3) is 0.667. The normalized spacial score (nSPS) is 11.8. The van der Waals surface area contributed by atoms with Crippen molar-refractivity contribution in [3.63, 3.8) is 0 Å². The van der Waals surface area contributed by atoms with Gasteiger partial charge in [0.25, 0.3) is 0 Å². The van der Waals surface area contributed by atoms with E-state index < -0.39 is 0 Å². The summed E-state index contributed by atoms with van der Waals surface area (Å²) in [6.45, 7) is 51.8. The highest BCUT2D eigenvalue weighted by atomic mass is 14.7. The predicted molar refractivity (Wildman–Crippen MR) is 219 cm³/mol. The Morgan fingerprint density at radius 2 is 0.708 bits per heavy atom. The third kappa shape index (κ3) is 19.4. The fourth-order valence-corrected chi connectivity index (χ4v) is 3.85. The maximum absolute atomic E-state index is 4.52. The molecule has 3 aromatic heterocycles. The summed E-state index contributed by atoms with van der Waals surface area (Å²) >= 11 is 0. The van der Waals surface area contributed by atoms with Gasteiger partial charge in [-0.1, -0.05) is 178 Å². The Bertz CT molecular complexity index is 1080. The largest absolute Gasteiger partial charge is 0.264 e. The first-order chi connectivity index (χ1) is 21.6. The summed E-state index contributed by atoms with van der Waals surface area (Å²) in [5, 5.41) is 0. The monoisotopic (exact) mass is 664 g/mol. The predicted octanol–water partition coefficient (Wildman–Crippen LogP) is 14.1. The van der Waals surface area contributed by atoms with Crippen molar-refractivity contribution in [2.75, 3.05) is 0 Å². The van der Waals surface area contributed by atoms with Crippen molar-refractivity contribution in [2.24, 2.45) is 0 Å². The van der Waals surface area contributed by atoms with Crippen molar-refractivity contribution in [3.8, 4) is 0 Å². The van der Waals surface area contributed by atoms with E-state index in [1.807, 2.05) is 66.3 Å². The van der Waals surface area contributed by atoms with Gasteiger partial charge < -0.3 is 0 Å². The number of hydrogen-bond donors (Lipinski definition) is 0. The summed E-state index contributed by atoms with van der Waals surface area (Å²) in [6.07, 6.45) is 7.85. The highest BCUT2D eigenvalue weighted by molar-refractivity contribution is 5.29. The highest BCUT2D eigenvalue weighted by Gasteiger charge is 2.21. The number of pyridine rings is 3. The van der Waals surface area contributed by atoms with E-state index in [0.29, 0.717) is 0 Å². The summed E-state index contributed by atoms with van der Waals surface area (Å²) < 4.78 is 0. The van der Waals surface area contributed by atoms with Crippen LogP contribution in [0, 0.1) is 0 Å². The summed E-state index contributed by atoms with van der Waals surface area (Å²) in [7, 11) is 0. The lowest BCUT2D eigenvalue weighted by Crippen LogP contribution is -2.17. The van der Waals surface area contributed by atoms with Crippen LogP contribution in [0.15, 0.2) is 55.1 Å². The Morgan fingerprint density at radius 3 is 1.00 bits per heavy atom. The lowest BCUT2D eigenvalue weighted by molar-refractivity contribution is 0.552. The Labute approximate surface area is 301 Å². The van der Waals surface area contributed by atoms with Gasteiger partial charge >= 0.3 is 0 Å². The summed E-state index contributed by atoms with van der Waals surface area (Å²) in [4.78, 5) is 13.3. The molecule has 0 radical (unpaired) electrons. The van der Waals surface area contributed by atoms with Gasteiger partial charge in [0.2, 0.25) is 0 Å². The molecule has 0 saturated heterocycles. The topological polar surface area (TPSA) is 38.7 Å². The van der Waals surface area contributed by atoms with Gasteiger partial charge in [0.05, 0.1) is 0 Å². The highest BCUT2D eigenvalue weighted by Crippen LogP contribution is 2.28. The molecule has 48 heavy (non-hydrogen) atoms. The van der Waals surface area contributed by atoms with Crippen molar-refractivity contribution < 1.29 is 0 Å². The molecule has 3 heteroatoms. The molecule has 0 N–H and O–H groups in total. The molecule has 3 heterocycles. The fourth-order valence-electron chi connectivity index (χ4n) is 3.85. The van der Waals surface area contributed by atoms with Crippen LogP contribution in [0.2, 0.25) is 0 Å². The Hall–Kier alpha value is -2.55. The van der Waals surface area contributed by atoms with E-state index >= 15 is 0 Å². The van der Waals surface area contributed by atoms with E-state index in [1.165, 1.54) is 27.9 Å². The molecule has 0 spiro atoms. The van der Waals surface area contributed by atoms with E-state index in [1.54, 1.807) is 0 Å². The summed E-state index contributed by atoms with van der Waals surface area (Å²) in [5.41, 5.74) is 8.68. The second-order valence-corrected chi connectivity index (χ2v) is 17.8. The zero-order valence-corrected chi connectivity index (χ0v) is 36.5. The third-order valence-electron chi connectivity index (χ3n) is 7.26. The Morgan fingerprint density at radius 1 is 0.333 bits per heavy atom. The standard InChI is InChI=1S/3C13H21N.3C2H6/c1-12(2,3)10-7-11(9-14-8-10)13(4,5)6;1-12(2,3)10-7-8-14-11(9-10)13(4,5)6;1-12(2,3)10-7-8-11(14-9-10)13(4,5)6;3*1-2/h3*7-9H,1-6H3;3*1-2H3. The van der Waals surface area contributed by atoms with Crippen LogP contribution in [-0.2, 0) is 32.5 Å². The molecule has 3 nitrogen and oxygen atoms in total. The molecule has 0 aromatic carbocycles. The maximum atomic E-state index is 4.52. The van der Waals surface area contributed by atoms with Gasteiger partial charge in [-0.2, -0.15) is 0 Å². The molecule has 0 unspecified atom stereocenters. The Kier molecular flexibility index (Phi) is 21.6. The molecule has 3 aromatic rings. The lowest BCUT2D eigenvalue weighted by Gasteiger charge is -2.23. The van der Waals surface area contributed by atoms with Gasteiger partial charge in [-0.05, 0) is 62.1 Å². The summed E-state index contributed by atoms with van der Waals surface area (Å²) in [6, 6.07) is 10.9. The first-order valence-corrected chi connectivity index (χ1v) is 18.5. The van der Waals surface area contributed by atoms with Crippen molar-refractivity contribution in [1.29, 1.82) is 0 Å². The second-order valence-electron chi connectivity index (χ2n) is 17.8. The average Bonchev–Trinajstić information content (AvgIpc) is 2.98. The van der Waals surface area contributed by atoms with Crippen LogP contribution in [-0.4, -0.2) is 15.0 Å². The van der Waals surface area contributed by atoms with E-state index in [9.17, 15) is 0 Å². The molecule has 0 fully saturated rings. The molecular weight excluding hydrogens is 583 g/mol. The van der Waals surface area contributed by atoms with Crippen molar-refractivity contribution in [2.45, 2.75) is 199 Å². The minimum absolute atomic E-state index is 0.140. The maximum Gasteiger partial charge on any atom is 0.0459 e. The van der Waals surface area contributed by atoms with Crippen LogP contribution in [0.3, 0.4) is 0 Å². The van der Waals surface area contributed by atoms with Crippen molar-refractivity contribution in [3.05, 3.63) is 88.8 Å². The molecular formula is C45H81N3. The van der Waals surface area contributed by atoms with Crippen LogP contribution in [0.25, 0.3) is 0 Å². The molecule has 0 saturated carbocycles. The zero-order valence-electron chi connectivity index (χ0n) is 36.5. The zero-order chi connectivity index (χ0) is 38.9. The SMILES string of the molecule is CC.CC.CC.CC(C)(C)c1ccc(C(C)(C)C)nc1.CC(C)(C)c1ccnc(C(C)(C)C)c1.CC(C)(C)c1cncc(C(C)(C)C)c1. The van der Waals surface area contributed by atoms with Gasteiger partial charge in [0.1, 0.15) is 0 Å². The van der Waals surface area contributed by atoms with Gasteiger partial charge in [-0.15, -0.1) is 0 Å². The van der Waals surface area contributed by atoms with E-state index in [4.69, 9.17) is 0 Å². The van der Waals surface area contributed by atoms with E-state index in [2.05, 4.69) is 170 Å². The molecule has 0 aliphatic carbocycles. The Balaban J connectivity index is -0.000000585. The third-order valence-corrected chi connectivity index (χ3v) is 7.26. The van der Waals surface area contributed by atoms with Crippen LogP contribution in [0.5, 0.6) is 0 Å². The van der Waals surface area contributed by atoms with Gasteiger partial charge in [-0.25, -0.2) is 0 Å². The smallest absolute Gasteiger partial charge is 0.0459 e. The van der Waals surface area contributed by atoms with E-state index in [0.717, 1.165) is 5.69 Å². The number of rotatable bonds is 0. The summed E-state index contributed by atoms with van der Waals surface area (Å²) in [5.74, 6) is 0. The first-order valence-electron chi connectivity index (χ1n) is 18.5. The molecule has 0 atom stereocenters. The molecule has 3 rings (SSSR count). The van der Waals surface area contributed by atoms with Gasteiger partial charge in [0.15, 0.2) is 0 Å². The molecule has 0 aliphatic heterocycles. The van der Waals surface area contributed by atoms with E-state index in [-0.39, 0.29) is 32.5 Å². The minimum atomic E-state index is 0.140. The van der Waals surface area contributed by atoms with Gasteiger partial charge in [-0.3, -0.25) is 15.0 Å². The molecule has 0 bridgehead atoms. The van der Waals surface area contributed by atoms with Crippen molar-refractivity contribution >= 4 is 0 Å².